The van der Waals surface area contributed by atoms with Crippen molar-refractivity contribution < 1.29 is 13.2 Å². The number of halogens is 4. The average Bonchev–Trinajstić information content (AvgIpc) is 2.54. The summed E-state index contributed by atoms with van der Waals surface area (Å²) in [4.78, 5) is 6.07. The molecule has 1 aliphatic rings. The monoisotopic (exact) mass is 358 g/mol. The maximum absolute atomic E-state index is 13.1. The van der Waals surface area contributed by atoms with Crippen LogP contribution in [0, 0.1) is 10.8 Å². The van der Waals surface area contributed by atoms with Crippen molar-refractivity contribution in [1.82, 2.24) is 14.9 Å². The summed E-state index contributed by atoms with van der Waals surface area (Å²) in [6.45, 7) is 2.56. The van der Waals surface area contributed by atoms with Crippen molar-refractivity contribution in [2.45, 2.75) is 6.18 Å². The largest absolute Gasteiger partial charge is 0.417 e. The molecule has 10 heteroatoms. The Kier molecular flexibility index (Phi) is 4.22. The smallest absolute Gasteiger partial charge is 0.351 e. The van der Waals surface area contributed by atoms with Gasteiger partial charge in [-0.05, 0) is 12.1 Å². The van der Waals surface area contributed by atoms with Crippen molar-refractivity contribution in [3.63, 3.8) is 0 Å². The quantitative estimate of drug-likeness (QED) is 0.568. The van der Waals surface area contributed by atoms with Crippen LogP contribution in [-0.2, 0) is 6.18 Å². The van der Waals surface area contributed by atoms with Crippen LogP contribution < -0.4 is 15.7 Å². The predicted molar refractivity (Wildman–Crippen MR) is 84.9 cm³/mol. The molecule has 6 nitrogen and oxygen atoms in total. The Hall–Kier alpha value is -2.13. The van der Waals surface area contributed by atoms with E-state index in [2.05, 4.69) is 10.3 Å². The van der Waals surface area contributed by atoms with E-state index in [1.54, 1.807) is 0 Å². The molecule has 2 heterocycles. The number of nitrogens with one attached hydrogen (secondary N) is 3. The summed E-state index contributed by atoms with van der Waals surface area (Å²) in [7, 11) is 0. The van der Waals surface area contributed by atoms with Crippen molar-refractivity contribution in [3.05, 3.63) is 28.2 Å². The molecule has 3 N–H and O–H groups in total. The second-order valence-corrected chi connectivity index (χ2v) is 5.75. The van der Waals surface area contributed by atoms with Gasteiger partial charge in [-0.25, -0.2) is 4.98 Å². The highest BCUT2D eigenvalue weighted by Gasteiger charge is 2.34. The molecule has 0 spiro atoms. The Balaban J connectivity index is 2.28. The molecule has 3 rings (SSSR count). The lowest BCUT2D eigenvalue weighted by Gasteiger charge is -2.29. The molecular formula is C14H14ClF3N6. The third kappa shape index (κ3) is 2.84. The van der Waals surface area contributed by atoms with E-state index in [-0.39, 0.29) is 22.3 Å². The van der Waals surface area contributed by atoms with Gasteiger partial charge in [0.1, 0.15) is 0 Å². The summed E-state index contributed by atoms with van der Waals surface area (Å²) in [6, 6.07) is 1.96. The Labute approximate surface area is 139 Å². The average molecular weight is 359 g/mol. The van der Waals surface area contributed by atoms with Crippen LogP contribution in [0.5, 0.6) is 0 Å². The maximum atomic E-state index is 13.1. The van der Waals surface area contributed by atoms with Gasteiger partial charge in [0.15, 0.2) is 11.3 Å². The molecule has 0 aliphatic carbocycles. The van der Waals surface area contributed by atoms with Crippen molar-refractivity contribution in [1.29, 1.82) is 10.8 Å². The number of alkyl halides is 3. The molecule has 128 valence electrons. The molecular weight excluding hydrogens is 345 g/mol. The number of fused-ring (bicyclic) bond motifs is 1. The Morgan fingerprint density at radius 2 is 1.92 bits per heavy atom. The molecule has 2 aromatic rings. The number of piperazine rings is 1. The number of aromatic nitrogens is 2. The number of rotatable bonds is 2. The first-order valence-corrected chi connectivity index (χ1v) is 7.54. The highest BCUT2D eigenvalue weighted by molar-refractivity contribution is 6.32. The number of benzene rings is 1. The SMILES string of the molecule is N=Cn1c(=N)c(N2CCNCC2)nc2cc(C(F)(F)F)c(Cl)cc21. The van der Waals surface area contributed by atoms with Gasteiger partial charge in [0, 0.05) is 26.2 Å². The lowest BCUT2D eigenvalue weighted by atomic mass is 10.1. The topological polar surface area (TPSA) is 80.8 Å². The highest BCUT2D eigenvalue weighted by Crippen LogP contribution is 2.36. The van der Waals surface area contributed by atoms with Gasteiger partial charge in [-0.1, -0.05) is 11.6 Å². The second-order valence-electron chi connectivity index (χ2n) is 5.34. The predicted octanol–water partition coefficient (Wildman–Crippen LogP) is 2.05. The summed E-state index contributed by atoms with van der Waals surface area (Å²) < 4.78 is 40.4. The van der Waals surface area contributed by atoms with E-state index in [1.165, 1.54) is 4.57 Å². The van der Waals surface area contributed by atoms with Gasteiger partial charge in [-0.2, -0.15) is 13.2 Å². The van der Waals surface area contributed by atoms with E-state index in [1.807, 2.05) is 4.90 Å². The Morgan fingerprint density at radius 1 is 1.25 bits per heavy atom. The van der Waals surface area contributed by atoms with E-state index >= 15 is 0 Å². The fourth-order valence-corrected chi connectivity index (χ4v) is 2.94. The van der Waals surface area contributed by atoms with Gasteiger partial charge in [0.25, 0.3) is 0 Å². The van der Waals surface area contributed by atoms with Crippen molar-refractivity contribution >= 4 is 34.8 Å². The van der Waals surface area contributed by atoms with E-state index in [0.29, 0.717) is 26.2 Å². The van der Waals surface area contributed by atoms with Gasteiger partial charge in [0.2, 0.25) is 0 Å². The number of anilines is 1. The molecule has 0 radical (unpaired) electrons. The zero-order valence-corrected chi connectivity index (χ0v) is 13.2. The second kappa shape index (κ2) is 6.06. The summed E-state index contributed by atoms with van der Waals surface area (Å²) >= 11 is 5.74. The molecule has 24 heavy (non-hydrogen) atoms. The minimum Gasteiger partial charge on any atom is -0.351 e. The fraction of sp³-hybridized carbons (Fsp3) is 0.357. The van der Waals surface area contributed by atoms with Crippen LogP contribution >= 0.6 is 11.6 Å². The molecule has 1 aromatic carbocycles. The van der Waals surface area contributed by atoms with Crippen LogP contribution in [0.1, 0.15) is 5.56 Å². The van der Waals surface area contributed by atoms with Crippen molar-refractivity contribution in [2.75, 3.05) is 31.1 Å². The molecule has 1 aliphatic heterocycles. The summed E-state index contributed by atoms with van der Waals surface area (Å²) in [5.74, 6) is 0.253. The minimum absolute atomic E-state index is 0.0414. The highest BCUT2D eigenvalue weighted by atomic mass is 35.5. The molecule has 0 amide bonds. The molecule has 1 fully saturated rings. The van der Waals surface area contributed by atoms with Gasteiger partial charge < -0.3 is 10.2 Å². The van der Waals surface area contributed by atoms with E-state index in [0.717, 1.165) is 18.5 Å². The van der Waals surface area contributed by atoms with E-state index in [9.17, 15) is 13.2 Å². The lowest BCUT2D eigenvalue weighted by Crippen LogP contribution is -2.46. The Bertz CT molecular complexity index is 854. The molecule has 1 aromatic heterocycles. The van der Waals surface area contributed by atoms with Crippen LogP contribution in [0.3, 0.4) is 0 Å². The molecule has 0 saturated carbocycles. The number of hydrogen-bond acceptors (Lipinski definition) is 5. The third-order valence-corrected chi connectivity index (χ3v) is 4.17. The van der Waals surface area contributed by atoms with E-state index < -0.39 is 16.8 Å². The summed E-state index contributed by atoms with van der Waals surface area (Å²) in [5.41, 5.74) is -0.813. The van der Waals surface area contributed by atoms with Gasteiger partial charge in [0.05, 0.1) is 28.0 Å². The zero-order chi connectivity index (χ0) is 17.5. The van der Waals surface area contributed by atoms with Crippen LogP contribution in [0.25, 0.3) is 11.0 Å². The van der Waals surface area contributed by atoms with Crippen LogP contribution in [-0.4, -0.2) is 42.1 Å². The first-order chi connectivity index (χ1) is 11.3. The lowest BCUT2D eigenvalue weighted by molar-refractivity contribution is -0.137. The van der Waals surface area contributed by atoms with Gasteiger partial charge in [-0.3, -0.25) is 15.4 Å². The van der Waals surface area contributed by atoms with Crippen molar-refractivity contribution in [2.24, 2.45) is 0 Å². The normalized spacial score (nSPS) is 15.8. The van der Waals surface area contributed by atoms with Crippen molar-refractivity contribution in [3.8, 4) is 0 Å². The molecule has 0 unspecified atom stereocenters. The van der Waals surface area contributed by atoms with Gasteiger partial charge >= 0.3 is 6.18 Å². The van der Waals surface area contributed by atoms with Gasteiger partial charge in [-0.15, -0.1) is 0 Å². The first kappa shape index (κ1) is 16.7. The summed E-state index contributed by atoms with van der Waals surface area (Å²) in [5, 5.41) is 18.4. The molecule has 0 atom stereocenters. The van der Waals surface area contributed by atoms with Crippen LogP contribution in [0.4, 0.5) is 19.0 Å². The standard InChI is InChI=1S/C14H14ClF3N6/c15-9-6-11-10(5-8(9)14(16,17)18)22-13(12(20)24(11)7-19)23-3-1-21-2-4-23/h5-7,19-21H,1-4H2. The number of nitrogens with zero attached hydrogens (tertiary/aromatic N) is 3. The zero-order valence-electron chi connectivity index (χ0n) is 12.4. The Morgan fingerprint density at radius 3 is 2.50 bits per heavy atom. The number of hydrogen-bond donors (Lipinski definition) is 3. The van der Waals surface area contributed by atoms with Crippen LogP contribution in [0.2, 0.25) is 5.02 Å². The first-order valence-electron chi connectivity index (χ1n) is 7.17. The molecule has 0 bridgehead atoms. The summed E-state index contributed by atoms with van der Waals surface area (Å²) in [6.07, 6.45) is -3.72. The van der Waals surface area contributed by atoms with Crippen LogP contribution in [0.15, 0.2) is 12.1 Å². The third-order valence-electron chi connectivity index (χ3n) is 3.85. The minimum atomic E-state index is -4.60. The van der Waals surface area contributed by atoms with E-state index in [4.69, 9.17) is 22.4 Å². The molecule has 1 saturated heterocycles. The maximum Gasteiger partial charge on any atom is 0.417 e. The fourth-order valence-electron chi connectivity index (χ4n) is 2.68.